The van der Waals surface area contributed by atoms with Gasteiger partial charge < -0.3 is 19.9 Å². The number of imide groups is 2. The van der Waals surface area contributed by atoms with Crippen LogP contribution in [-0.2, 0) is 30.1 Å². The van der Waals surface area contributed by atoms with Crippen LogP contribution < -0.4 is 10.6 Å². The van der Waals surface area contributed by atoms with Gasteiger partial charge in [0.25, 0.3) is 5.91 Å². The molecule has 1 unspecified atom stereocenters. The van der Waals surface area contributed by atoms with Crippen LogP contribution in [-0.4, -0.2) is 111 Å². The maximum absolute atomic E-state index is 13.6. The summed E-state index contributed by atoms with van der Waals surface area (Å²) in [6.07, 6.45) is -0.560. The highest BCUT2D eigenvalue weighted by molar-refractivity contribution is 7.98. The number of rotatable bonds is 12. The van der Waals surface area contributed by atoms with Gasteiger partial charge in [-0.05, 0) is 114 Å². The van der Waals surface area contributed by atoms with E-state index in [2.05, 4.69) is 34.3 Å². The molecule has 3 atom stereocenters. The molecule has 0 radical (unpaired) electrons. The Bertz CT molecular complexity index is 1940. The highest BCUT2D eigenvalue weighted by atomic mass is 35.5. The van der Waals surface area contributed by atoms with Gasteiger partial charge in [0.15, 0.2) is 0 Å². The number of piperidine rings is 1. The molecule has 3 saturated heterocycles. The van der Waals surface area contributed by atoms with Gasteiger partial charge in [-0.3, -0.25) is 29.4 Å². The third kappa shape index (κ3) is 10.6. The minimum atomic E-state index is -4.76. The normalized spacial score (nSPS) is 25.4. The van der Waals surface area contributed by atoms with Crippen LogP contribution in [0.25, 0.3) is 0 Å². The first kappa shape index (κ1) is 45.9. The van der Waals surface area contributed by atoms with Gasteiger partial charge in [0.05, 0.1) is 35.8 Å². The number of hydrogen-bond acceptors (Lipinski definition) is 10. The number of ether oxygens (including phenoxy) is 1. The number of anilines is 1. The summed E-state index contributed by atoms with van der Waals surface area (Å²) in [6, 6.07) is 11.4. The van der Waals surface area contributed by atoms with Crippen molar-refractivity contribution in [2.45, 2.75) is 119 Å². The second-order valence-corrected chi connectivity index (χ2v) is 17.2. The van der Waals surface area contributed by atoms with Gasteiger partial charge in [0.1, 0.15) is 5.54 Å². The lowest BCUT2D eigenvalue weighted by Crippen LogP contribution is -2.58. The number of benzene rings is 2. The van der Waals surface area contributed by atoms with E-state index in [-0.39, 0.29) is 72.2 Å². The zero-order chi connectivity index (χ0) is 41.9. The molecule has 0 bridgehead atoms. The Labute approximate surface area is 352 Å². The van der Waals surface area contributed by atoms with Gasteiger partial charge in [-0.15, -0.1) is 12.4 Å². The first-order valence-electron chi connectivity index (χ1n) is 19.8. The monoisotopic (exact) mass is 861 g/mol. The van der Waals surface area contributed by atoms with E-state index in [1.807, 2.05) is 6.07 Å². The van der Waals surface area contributed by atoms with Crippen LogP contribution in [0.1, 0.15) is 95.2 Å². The maximum atomic E-state index is 13.6. The number of urea groups is 1. The van der Waals surface area contributed by atoms with E-state index in [1.165, 1.54) is 6.07 Å². The molecule has 4 aliphatic rings. The molecule has 320 valence electrons. The fourth-order valence-corrected chi connectivity index (χ4v) is 9.65. The van der Waals surface area contributed by atoms with Gasteiger partial charge >= 0.3 is 12.2 Å². The summed E-state index contributed by atoms with van der Waals surface area (Å²) in [4.78, 5) is 70.2. The van der Waals surface area contributed by atoms with Crippen molar-refractivity contribution in [2.75, 3.05) is 38.1 Å². The number of nitrogens with zero attached hydrogens (tertiary/aromatic N) is 5. The van der Waals surface area contributed by atoms with Crippen LogP contribution in [0, 0.1) is 11.3 Å². The molecule has 1 saturated carbocycles. The second kappa shape index (κ2) is 19.0. The minimum absolute atomic E-state index is 0. The molecule has 3 aliphatic heterocycles. The molecule has 1 aliphatic carbocycles. The summed E-state index contributed by atoms with van der Waals surface area (Å²) in [5, 5.41) is 14.5. The van der Waals surface area contributed by atoms with Gasteiger partial charge in [-0.1, -0.05) is 12.1 Å². The molecule has 0 aromatic heterocycles. The highest BCUT2D eigenvalue weighted by Crippen LogP contribution is 2.42. The highest BCUT2D eigenvalue weighted by Gasteiger charge is 2.55. The van der Waals surface area contributed by atoms with E-state index >= 15 is 0 Å². The summed E-state index contributed by atoms with van der Waals surface area (Å²) in [5.74, 6) is -1.66. The number of carbonyl (C=O) groups is 5. The van der Waals surface area contributed by atoms with Crippen molar-refractivity contribution in [3.63, 3.8) is 0 Å². The summed E-state index contributed by atoms with van der Waals surface area (Å²) >= 11 is 0.636. The topological polar surface area (TPSA) is 155 Å². The van der Waals surface area contributed by atoms with Gasteiger partial charge in [-0.25, -0.2) is 4.79 Å². The van der Waals surface area contributed by atoms with E-state index in [0.29, 0.717) is 56.3 Å². The maximum Gasteiger partial charge on any atom is 0.417 e. The SMILES string of the molecule is C[C@@H]1CN(CCCOC2CCC(N3C(=O)N(Sc4ccc(C#N)c(C(F)(F)F)c4)C(=O)C3(C)C)CC2)C[C@H](C)N1CC(=O)Nc1cccc(C2CCC(=O)NC2=O)c1.Cl. The summed E-state index contributed by atoms with van der Waals surface area (Å²) in [5.41, 5.74) is -1.47. The Kier molecular flexibility index (Phi) is 14.8. The summed E-state index contributed by atoms with van der Waals surface area (Å²) < 4.78 is 47.9. The Morgan fingerprint density at radius 1 is 1.02 bits per heavy atom. The molecule has 2 N–H and O–H groups in total. The summed E-state index contributed by atoms with van der Waals surface area (Å²) in [6.45, 7) is 10.8. The first-order chi connectivity index (χ1) is 27.5. The zero-order valence-electron chi connectivity index (χ0n) is 33.5. The van der Waals surface area contributed by atoms with Crippen LogP contribution in [0.5, 0.6) is 0 Å². The lowest BCUT2D eigenvalue weighted by atomic mass is 9.89. The van der Waals surface area contributed by atoms with Gasteiger partial charge in [-0.2, -0.15) is 22.7 Å². The molecular formula is C41H51ClF3N7O6S. The first-order valence-corrected chi connectivity index (χ1v) is 20.5. The Morgan fingerprint density at radius 2 is 1.71 bits per heavy atom. The Morgan fingerprint density at radius 3 is 2.36 bits per heavy atom. The van der Waals surface area contributed by atoms with E-state index in [1.54, 1.807) is 43.0 Å². The molecule has 6 amide bonds. The Hall–Kier alpha value is -4.21. The number of nitriles is 1. The lowest BCUT2D eigenvalue weighted by Gasteiger charge is -2.44. The molecular weight excluding hydrogens is 811 g/mol. The van der Waals surface area contributed by atoms with Crippen LogP contribution in [0.15, 0.2) is 47.4 Å². The standard InChI is InChI=1S/C41H50F3N7O6S.ClH/c1-25-22-48(23-26(2)49(25)24-36(53)46-29-8-5-7-27(19-29)33-15-16-35(52)47-37(33)54)17-6-18-57-31-12-10-30(11-13-31)50-39(56)51(38(55)40(50,3)4)58-32-14-9-28(21-45)34(20-32)41(42,43)44;/h5,7-9,14,19-20,25-26,30-31,33H,6,10-13,15-18,22-24H2,1-4H3,(H,46,53)(H,47,52,54);1H/t25-,26+,30?,31?,33?;. The van der Waals surface area contributed by atoms with Crippen molar-refractivity contribution in [1.29, 1.82) is 5.26 Å². The third-order valence-electron chi connectivity index (χ3n) is 11.6. The predicted octanol–water partition coefficient (Wildman–Crippen LogP) is 6.32. The van der Waals surface area contributed by atoms with Gasteiger partial charge in [0, 0.05) is 61.4 Å². The fourth-order valence-electron chi connectivity index (χ4n) is 8.67. The van der Waals surface area contributed by atoms with Gasteiger partial charge in [0.2, 0.25) is 17.7 Å². The number of halogens is 4. The molecule has 2 aromatic carbocycles. The lowest BCUT2D eigenvalue weighted by molar-refractivity contribution is -0.138. The molecule has 6 rings (SSSR count). The zero-order valence-corrected chi connectivity index (χ0v) is 35.2. The number of piperazine rings is 1. The van der Waals surface area contributed by atoms with E-state index < -0.39 is 40.7 Å². The molecule has 2 aromatic rings. The summed E-state index contributed by atoms with van der Waals surface area (Å²) in [7, 11) is 0. The van der Waals surface area contributed by atoms with Crippen molar-refractivity contribution in [3.8, 4) is 6.07 Å². The van der Waals surface area contributed by atoms with Crippen molar-refractivity contribution in [1.82, 2.24) is 24.3 Å². The minimum Gasteiger partial charge on any atom is -0.378 e. The number of hydrogen-bond donors (Lipinski definition) is 2. The van der Waals surface area contributed by atoms with Crippen molar-refractivity contribution >= 4 is 59.7 Å². The third-order valence-corrected chi connectivity index (χ3v) is 12.6. The predicted molar refractivity (Wildman–Crippen MR) is 216 cm³/mol. The number of carbonyl (C=O) groups excluding carboxylic acids is 5. The molecule has 3 heterocycles. The van der Waals surface area contributed by atoms with Crippen molar-refractivity contribution in [3.05, 3.63) is 59.2 Å². The quantitative estimate of drug-likeness (QED) is 0.107. The van der Waals surface area contributed by atoms with Crippen LogP contribution in [0.4, 0.5) is 23.7 Å². The smallest absolute Gasteiger partial charge is 0.378 e. The van der Waals surface area contributed by atoms with E-state index in [4.69, 9.17) is 10.00 Å². The molecule has 4 fully saturated rings. The second-order valence-electron chi connectivity index (χ2n) is 16.2. The largest absolute Gasteiger partial charge is 0.417 e. The number of alkyl halides is 3. The van der Waals surface area contributed by atoms with Crippen LogP contribution in [0.3, 0.4) is 0 Å². The number of amides is 6. The fraction of sp³-hybridized carbons (Fsp3) is 0.561. The average Bonchev–Trinajstić information content (AvgIpc) is 3.33. The van der Waals surface area contributed by atoms with Crippen molar-refractivity contribution in [2.24, 2.45) is 0 Å². The Balaban J connectivity index is 0.00000661. The molecule has 13 nitrogen and oxygen atoms in total. The number of nitrogens with one attached hydrogen (secondary N) is 2. The molecule has 0 spiro atoms. The van der Waals surface area contributed by atoms with E-state index in [0.717, 1.165) is 48.1 Å². The molecule has 18 heteroatoms. The van der Waals surface area contributed by atoms with Crippen LogP contribution >= 0.6 is 24.4 Å². The van der Waals surface area contributed by atoms with E-state index in [9.17, 15) is 37.1 Å². The molecule has 59 heavy (non-hydrogen) atoms. The van der Waals surface area contributed by atoms with Crippen molar-refractivity contribution < 1.29 is 41.9 Å². The average molecular weight is 862 g/mol. The van der Waals surface area contributed by atoms with Crippen LogP contribution in [0.2, 0.25) is 0 Å².